The smallest absolute Gasteiger partial charge is 0.236 e. The minimum Gasteiger partial charge on any atom is -0.337 e. The largest absolute Gasteiger partial charge is 0.337 e. The number of fused-ring (bicyclic) bond motifs is 1. The van der Waals surface area contributed by atoms with Crippen molar-refractivity contribution in [1.82, 2.24) is 19.7 Å². The van der Waals surface area contributed by atoms with Gasteiger partial charge in [0.05, 0.1) is 10.9 Å². The van der Waals surface area contributed by atoms with Crippen molar-refractivity contribution in [3.05, 3.63) is 71.5 Å². The maximum absolute atomic E-state index is 13.1. The number of aromatic nitrogens is 3. The normalized spacial score (nSPS) is 17.1. The summed E-state index contributed by atoms with van der Waals surface area (Å²) in [6.07, 6.45) is 3.25. The predicted octanol–water partition coefficient (Wildman–Crippen LogP) is 4.21. The van der Waals surface area contributed by atoms with E-state index in [1.807, 2.05) is 40.8 Å². The van der Waals surface area contributed by atoms with E-state index in [0.29, 0.717) is 17.6 Å². The number of hydrogen-bond acceptors (Lipinski definition) is 4. The Morgan fingerprint density at radius 1 is 1.07 bits per heavy atom. The first-order valence-electron chi connectivity index (χ1n) is 10.2. The van der Waals surface area contributed by atoms with E-state index < -0.39 is 0 Å². The number of carbonyl (C=O) groups is 1. The molecule has 1 atom stereocenters. The molecule has 1 aliphatic carbocycles. The number of para-hydroxylation sites is 1. The predicted molar refractivity (Wildman–Crippen MR) is 114 cm³/mol. The van der Waals surface area contributed by atoms with Gasteiger partial charge in [-0.2, -0.15) is 0 Å². The highest BCUT2D eigenvalue weighted by Gasteiger charge is 2.32. The molecule has 1 fully saturated rings. The third kappa shape index (κ3) is 3.81. The summed E-state index contributed by atoms with van der Waals surface area (Å²) in [5.41, 5.74) is 3.64. The van der Waals surface area contributed by atoms with Gasteiger partial charge in [-0.05, 0) is 49.4 Å². The van der Waals surface area contributed by atoms with Gasteiger partial charge in [-0.3, -0.25) is 4.79 Å². The number of thioether (sulfide) groups is 1. The molecule has 1 aliphatic heterocycles. The van der Waals surface area contributed by atoms with Gasteiger partial charge in [-0.1, -0.05) is 54.2 Å². The molecule has 2 heterocycles. The van der Waals surface area contributed by atoms with E-state index in [1.165, 1.54) is 22.9 Å². The molecule has 0 saturated heterocycles. The van der Waals surface area contributed by atoms with Gasteiger partial charge in [0.15, 0.2) is 0 Å². The lowest BCUT2D eigenvalue weighted by atomic mass is 10.00. The Balaban J connectivity index is 1.32. The Bertz CT molecular complexity index is 1030. The topological polar surface area (TPSA) is 51.0 Å². The molecule has 3 aromatic rings. The summed E-state index contributed by atoms with van der Waals surface area (Å²) in [4.78, 5) is 19.8. The van der Waals surface area contributed by atoms with Gasteiger partial charge >= 0.3 is 0 Å². The second-order valence-electron chi connectivity index (χ2n) is 7.81. The molecule has 1 amide bonds. The summed E-state index contributed by atoms with van der Waals surface area (Å²) in [5.74, 6) is 1.67. The van der Waals surface area contributed by atoms with Crippen LogP contribution >= 0.6 is 11.8 Å². The Hall–Kier alpha value is -2.60. The first-order chi connectivity index (χ1) is 14.2. The summed E-state index contributed by atoms with van der Waals surface area (Å²) in [5, 5.41) is 5.22. The standard InChI is InChI=1S/C23H24N4OS/c1-16(22(28)26-14-13-17-7-5-6-8-19(17)15-26)29-23-24-21(18-11-12-18)27(25-23)20-9-3-2-4-10-20/h2-10,16,18H,11-15H2,1H3/t16-/m0/s1. The second-order valence-corrected chi connectivity index (χ2v) is 9.12. The van der Waals surface area contributed by atoms with E-state index in [2.05, 4.69) is 30.3 Å². The van der Waals surface area contributed by atoms with Crippen molar-refractivity contribution in [2.75, 3.05) is 6.54 Å². The third-order valence-corrected chi connectivity index (χ3v) is 6.57. The molecular weight excluding hydrogens is 380 g/mol. The van der Waals surface area contributed by atoms with Crippen LogP contribution in [0.5, 0.6) is 0 Å². The van der Waals surface area contributed by atoms with E-state index in [9.17, 15) is 4.79 Å². The van der Waals surface area contributed by atoms with Gasteiger partial charge in [0.1, 0.15) is 5.82 Å². The van der Waals surface area contributed by atoms with Gasteiger partial charge in [0, 0.05) is 19.0 Å². The molecule has 0 N–H and O–H groups in total. The lowest BCUT2D eigenvalue weighted by Crippen LogP contribution is -2.40. The molecule has 2 aliphatic rings. The molecule has 5 rings (SSSR count). The fraction of sp³-hybridized carbons (Fsp3) is 0.348. The van der Waals surface area contributed by atoms with E-state index >= 15 is 0 Å². The van der Waals surface area contributed by atoms with Gasteiger partial charge in [-0.25, -0.2) is 9.67 Å². The molecule has 2 aromatic carbocycles. The van der Waals surface area contributed by atoms with E-state index in [1.54, 1.807) is 0 Å². The van der Waals surface area contributed by atoms with Gasteiger partial charge < -0.3 is 4.90 Å². The van der Waals surface area contributed by atoms with Crippen LogP contribution < -0.4 is 0 Å². The molecule has 148 valence electrons. The highest BCUT2D eigenvalue weighted by Crippen LogP contribution is 2.40. The molecule has 0 radical (unpaired) electrons. The zero-order valence-electron chi connectivity index (χ0n) is 16.5. The quantitative estimate of drug-likeness (QED) is 0.598. The van der Waals surface area contributed by atoms with Crippen LogP contribution in [0, 0.1) is 0 Å². The fourth-order valence-electron chi connectivity index (χ4n) is 3.87. The summed E-state index contributed by atoms with van der Waals surface area (Å²) >= 11 is 1.47. The Morgan fingerprint density at radius 3 is 2.55 bits per heavy atom. The summed E-state index contributed by atoms with van der Waals surface area (Å²) < 4.78 is 1.95. The molecule has 29 heavy (non-hydrogen) atoms. The van der Waals surface area contributed by atoms with Crippen LogP contribution in [-0.2, 0) is 17.8 Å². The van der Waals surface area contributed by atoms with Crippen molar-refractivity contribution in [3.8, 4) is 5.69 Å². The number of carbonyl (C=O) groups excluding carboxylic acids is 1. The van der Waals surface area contributed by atoms with Crippen molar-refractivity contribution < 1.29 is 4.79 Å². The maximum atomic E-state index is 13.1. The summed E-state index contributed by atoms with van der Waals surface area (Å²) in [7, 11) is 0. The van der Waals surface area contributed by atoms with Crippen LogP contribution in [0.2, 0.25) is 0 Å². The maximum Gasteiger partial charge on any atom is 0.236 e. The highest BCUT2D eigenvalue weighted by atomic mass is 32.2. The Kier molecular flexibility index (Phi) is 4.87. The third-order valence-electron chi connectivity index (χ3n) is 5.63. The minimum absolute atomic E-state index is 0.161. The molecule has 1 saturated carbocycles. The van der Waals surface area contributed by atoms with Crippen LogP contribution in [0.3, 0.4) is 0 Å². The van der Waals surface area contributed by atoms with Crippen molar-refractivity contribution in [2.45, 2.75) is 49.1 Å². The van der Waals surface area contributed by atoms with Gasteiger partial charge in [-0.15, -0.1) is 5.10 Å². The lowest BCUT2D eigenvalue weighted by Gasteiger charge is -2.30. The first-order valence-corrected chi connectivity index (χ1v) is 11.1. The van der Waals surface area contributed by atoms with Crippen LogP contribution in [-0.4, -0.2) is 37.4 Å². The number of benzene rings is 2. The zero-order valence-corrected chi connectivity index (χ0v) is 17.3. The number of nitrogens with zero attached hydrogens (tertiary/aromatic N) is 4. The van der Waals surface area contributed by atoms with Crippen LogP contribution in [0.1, 0.15) is 42.6 Å². The van der Waals surface area contributed by atoms with Crippen LogP contribution in [0.25, 0.3) is 5.69 Å². The van der Waals surface area contributed by atoms with Crippen molar-refractivity contribution >= 4 is 17.7 Å². The fourth-order valence-corrected chi connectivity index (χ4v) is 4.71. The Morgan fingerprint density at radius 2 is 1.79 bits per heavy atom. The minimum atomic E-state index is -0.209. The number of rotatable bonds is 5. The van der Waals surface area contributed by atoms with Crippen LogP contribution in [0.15, 0.2) is 59.8 Å². The molecule has 1 aromatic heterocycles. The zero-order chi connectivity index (χ0) is 19.8. The van der Waals surface area contributed by atoms with Gasteiger partial charge in [0.2, 0.25) is 11.1 Å². The van der Waals surface area contributed by atoms with E-state index in [0.717, 1.165) is 37.3 Å². The Labute approximate surface area is 175 Å². The first kappa shape index (κ1) is 18.4. The molecule has 0 bridgehead atoms. The SMILES string of the molecule is C[C@H](Sc1nc(C2CC2)n(-c2ccccc2)n1)C(=O)N1CCc2ccccc2C1. The molecule has 5 nitrogen and oxygen atoms in total. The van der Waals surface area contributed by atoms with Crippen molar-refractivity contribution in [3.63, 3.8) is 0 Å². The second kappa shape index (κ2) is 7.67. The number of amides is 1. The molecule has 6 heteroatoms. The van der Waals surface area contributed by atoms with Crippen molar-refractivity contribution in [1.29, 1.82) is 0 Å². The highest BCUT2D eigenvalue weighted by molar-refractivity contribution is 8.00. The van der Waals surface area contributed by atoms with Crippen LogP contribution in [0.4, 0.5) is 0 Å². The lowest BCUT2D eigenvalue weighted by molar-refractivity contribution is -0.131. The summed E-state index contributed by atoms with van der Waals surface area (Å²) in [6, 6.07) is 18.5. The van der Waals surface area contributed by atoms with Crippen molar-refractivity contribution in [2.24, 2.45) is 0 Å². The van der Waals surface area contributed by atoms with E-state index in [-0.39, 0.29) is 11.2 Å². The van der Waals surface area contributed by atoms with E-state index in [4.69, 9.17) is 10.1 Å². The molecule has 0 unspecified atom stereocenters. The molecular formula is C23H24N4OS. The molecule has 0 spiro atoms. The summed E-state index contributed by atoms with van der Waals surface area (Å²) in [6.45, 7) is 3.44. The number of hydrogen-bond donors (Lipinski definition) is 0. The average molecular weight is 405 g/mol. The average Bonchev–Trinajstić information content (AvgIpc) is 3.53. The monoisotopic (exact) mass is 404 g/mol. The van der Waals surface area contributed by atoms with Gasteiger partial charge in [0.25, 0.3) is 0 Å².